The Kier molecular flexibility index (Phi) is 1.54. The molecular formula is C12H10N4O. The quantitative estimate of drug-likeness (QED) is 0.685. The van der Waals surface area contributed by atoms with Crippen LogP contribution in [0.2, 0.25) is 0 Å². The van der Waals surface area contributed by atoms with Crippen LogP contribution in [0.3, 0.4) is 0 Å². The standard InChI is InChI=1S/C12H10N4O/c17-12-11-10(14-15-16(12)7-5-6-7)8-3-1-2-4-9(8)13-11/h1-4,7,13H,5-6H2. The molecule has 1 fully saturated rings. The van der Waals surface area contributed by atoms with Crippen molar-refractivity contribution in [3.05, 3.63) is 34.6 Å². The van der Waals surface area contributed by atoms with Crippen LogP contribution in [-0.4, -0.2) is 20.0 Å². The van der Waals surface area contributed by atoms with E-state index in [2.05, 4.69) is 15.3 Å². The Hall–Kier alpha value is -2.17. The zero-order valence-corrected chi connectivity index (χ0v) is 9.05. The van der Waals surface area contributed by atoms with Gasteiger partial charge in [0.05, 0.1) is 6.04 Å². The minimum absolute atomic E-state index is 0.0614. The number of para-hydroxylation sites is 1. The summed E-state index contributed by atoms with van der Waals surface area (Å²) in [5.74, 6) is 0. The zero-order chi connectivity index (χ0) is 11.4. The number of benzene rings is 1. The number of hydrogen-bond acceptors (Lipinski definition) is 3. The van der Waals surface area contributed by atoms with Crippen LogP contribution in [0, 0.1) is 0 Å². The molecule has 2 aromatic heterocycles. The van der Waals surface area contributed by atoms with Crippen molar-refractivity contribution in [1.82, 2.24) is 20.0 Å². The first kappa shape index (κ1) is 8.92. The second-order valence-corrected chi connectivity index (χ2v) is 4.46. The van der Waals surface area contributed by atoms with Gasteiger partial charge < -0.3 is 4.98 Å². The summed E-state index contributed by atoms with van der Waals surface area (Å²) in [7, 11) is 0. The molecular weight excluding hydrogens is 216 g/mol. The van der Waals surface area contributed by atoms with Crippen LogP contribution in [0.5, 0.6) is 0 Å². The molecule has 5 heteroatoms. The number of rotatable bonds is 1. The van der Waals surface area contributed by atoms with Gasteiger partial charge in [-0.1, -0.05) is 23.4 Å². The molecule has 1 aliphatic carbocycles. The molecule has 0 unspecified atom stereocenters. The second-order valence-electron chi connectivity index (χ2n) is 4.46. The molecule has 17 heavy (non-hydrogen) atoms. The maximum Gasteiger partial charge on any atom is 0.294 e. The third-order valence-electron chi connectivity index (χ3n) is 3.23. The van der Waals surface area contributed by atoms with E-state index in [0.717, 1.165) is 23.7 Å². The minimum atomic E-state index is -0.0614. The van der Waals surface area contributed by atoms with Crippen molar-refractivity contribution in [3.63, 3.8) is 0 Å². The lowest BCUT2D eigenvalue weighted by Gasteiger charge is -1.98. The third-order valence-corrected chi connectivity index (χ3v) is 3.23. The molecule has 1 saturated carbocycles. The Balaban J connectivity index is 2.17. The topological polar surface area (TPSA) is 63.6 Å². The first-order chi connectivity index (χ1) is 8.34. The highest BCUT2D eigenvalue weighted by atomic mass is 16.1. The summed E-state index contributed by atoms with van der Waals surface area (Å²) in [4.78, 5) is 15.3. The van der Waals surface area contributed by atoms with Crippen molar-refractivity contribution in [2.24, 2.45) is 0 Å². The summed E-state index contributed by atoms with van der Waals surface area (Å²) in [6.45, 7) is 0. The van der Waals surface area contributed by atoms with E-state index in [-0.39, 0.29) is 11.6 Å². The number of nitrogens with zero attached hydrogens (tertiary/aromatic N) is 3. The van der Waals surface area contributed by atoms with E-state index >= 15 is 0 Å². The van der Waals surface area contributed by atoms with Crippen LogP contribution in [0.4, 0.5) is 0 Å². The van der Waals surface area contributed by atoms with Gasteiger partial charge in [-0.25, -0.2) is 4.68 Å². The molecule has 0 radical (unpaired) electrons. The summed E-state index contributed by atoms with van der Waals surface area (Å²) in [6, 6.07) is 8.02. The number of hydrogen-bond donors (Lipinski definition) is 1. The average Bonchev–Trinajstić information content (AvgIpc) is 3.11. The molecule has 2 heterocycles. The summed E-state index contributed by atoms with van der Waals surface area (Å²) in [6.07, 6.45) is 2.06. The lowest BCUT2D eigenvalue weighted by atomic mass is 10.2. The van der Waals surface area contributed by atoms with Crippen molar-refractivity contribution < 1.29 is 0 Å². The molecule has 0 aliphatic heterocycles. The van der Waals surface area contributed by atoms with Crippen LogP contribution >= 0.6 is 0 Å². The first-order valence-corrected chi connectivity index (χ1v) is 5.70. The lowest BCUT2D eigenvalue weighted by molar-refractivity contribution is 0.565. The Morgan fingerprint density at radius 1 is 1.29 bits per heavy atom. The number of aromatic nitrogens is 4. The number of fused-ring (bicyclic) bond motifs is 3. The molecule has 1 aromatic carbocycles. The molecule has 1 aliphatic rings. The van der Waals surface area contributed by atoms with E-state index in [0.29, 0.717) is 11.0 Å². The van der Waals surface area contributed by atoms with Gasteiger partial charge >= 0.3 is 0 Å². The van der Waals surface area contributed by atoms with Crippen LogP contribution in [-0.2, 0) is 0 Å². The van der Waals surface area contributed by atoms with Crippen molar-refractivity contribution in [2.45, 2.75) is 18.9 Å². The van der Waals surface area contributed by atoms with E-state index in [1.54, 1.807) is 0 Å². The van der Waals surface area contributed by atoms with Gasteiger partial charge in [-0.05, 0) is 18.9 Å². The predicted octanol–water partition coefficient (Wildman–Crippen LogP) is 1.61. The largest absolute Gasteiger partial charge is 0.349 e. The molecule has 84 valence electrons. The fourth-order valence-electron chi connectivity index (χ4n) is 2.19. The molecule has 1 N–H and O–H groups in total. The highest BCUT2D eigenvalue weighted by Crippen LogP contribution is 2.32. The Morgan fingerprint density at radius 2 is 2.12 bits per heavy atom. The molecule has 5 nitrogen and oxygen atoms in total. The van der Waals surface area contributed by atoms with Crippen molar-refractivity contribution in [2.75, 3.05) is 0 Å². The normalized spacial score (nSPS) is 15.8. The monoisotopic (exact) mass is 226 g/mol. The van der Waals surface area contributed by atoms with Crippen LogP contribution in [0.1, 0.15) is 18.9 Å². The van der Waals surface area contributed by atoms with E-state index in [1.807, 2.05) is 24.3 Å². The summed E-state index contributed by atoms with van der Waals surface area (Å²) >= 11 is 0. The fourth-order valence-corrected chi connectivity index (χ4v) is 2.19. The predicted molar refractivity (Wildman–Crippen MR) is 63.9 cm³/mol. The number of aromatic amines is 1. The van der Waals surface area contributed by atoms with Gasteiger partial charge in [-0.2, -0.15) is 0 Å². The smallest absolute Gasteiger partial charge is 0.294 e. The minimum Gasteiger partial charge on any atom is -0.349 e. The van der Waals surface area contributed by atoms with Crippen LogP contribution < -0.4 is 5.56 Å². The SMILES string of the molecule is O=c1c2[nH]c3ccccc3c2nnn1C1CC1. The molecule has 3 aromatic rings. The second kappa shape index (κ2) is 2.94. The van der Waals surface area contributed by atoms with Gasteiger partial charge in [0.15, 0.2) is 0 Å². The molecule has 0 atom stereocenters. The van der Waals surface area contributed by atoms with Crippen molar-refractivity contribution in [1.29, 1.82) is 0 Å². The number of H-pyrrole nitrogens is 1. The van der Waals surface area contributed by atoms with Crippen molar-refractivity contribution >= 4 is 21.9 Å². The summed E-state index contributed by atoms with van der Waals surface area (Å²) < 4.78 is 1.50. The molecule has 0 amide bonds. The third kappa shape index (κ3) is 1.16. The number of nitrogens with one attached hydrogen (secondary N) is 1. The maximum absolute atomic E-state index is 12.2. The van der Waals surface area contributed by atoms with Crippen LogP contribution in [0.15, 0.2) is 29.1 Å². The molecule has 0 bridgehead atoms. The van der Waals surface area contributed by atoms with Gasteiger partial charge in [0, 0.05) is 10.9 Å². The Morgan fingerprint density at radius 3 is 2.94 bits per heavy atom. The molecule has 0 saturated heterocycles. The first-order valence-electron chi connectivity index (χ1n) is 5.70. The highest BCUT2D eigenvalue weighted by molar-refractivity contribution is 6.04. The zero-order valence-electron chi connectivity index (χ0n) is 9.05. The average molecular weight is 226 g/mol. The molecule has 0 spiro atoms. The fraction of sp³-hybridized carbons (Fsp3) is 0.250. The van der Waals surface area contributed by atoms with E-state index in [4.69, 9.17) is 0 Å². The van der Waals surface area contributed by atoms with E-state index in [1.165, 1.54) is 4.68 Å². The summed E-state index contributed by atoms with van der Waals surface area (Å²) in [5.41, 5.74) is 2.10. The lowest BCUT2D eigenvalue weighted by Crippen LogP contribution is -2.23. The van der Waals surface area contributed by atoms with Gasteiger partial charge in [0.1, 0.15) is 11.0 Å². The Labute approximate surface area is 96.1 Å². The van der Waals surface area contributed by atoms with Gasteiger partial charge in [0.2, 0.25) is 0 Å². The van der Waals surface area contributed by atoms with Gasteiger partial charge in [-0.3, -0.25) is 4.79 Å². The highest BCUT2D eigenvalue weighted by Gasteiger charge is 2.27. The summed E-state index contributed by atoms with van der Waals surface area (Å²) in [5, 5.41) is 9.15. The van der Waals surface area contributed by atoms with Gasteiger partial charge in [-0.15, -0.1) is 5.10 Å². The van der Waals surface area contributed by atoms with Gasteiger partial charge in [0.25, 0.3) is 5.56 Å². The van der Waals surface area contributed by atoms with Crippen LogP contribution in [0.25, 0.3) is 21.9 Å². The maximum atomic E-state index is 12.2. The molecule has 4 rings (SSSR count). The Bertz CT molecular complexity index is 782. The van der Waals surface area contributed by atoms with E-state index in [9.17, 15) is 4.79 Å². The van der Waals surface area contributed by atoms with Crippen molar-refractivity contribution in [3.8, 4) is 0 Å². The van der Waals surface area contributed by atoms with E-state index < -0.39 is 0 Å².